The van der Waals surface area contributed by atoms with Crippen molar-refractivity contribution < 1.29 is 4.74 Å². The molecule has 17 heavy (non-hydrogen) atoms. The molecular formula is C15H23ClO. The van der Waals surface area contributed by atoms with Gasteiger partial charge < -0.3 is 4.74 Å². The lowest BCUT2D eigenvalue weighted by molar-refractivity contribution is 0.0181. The van der Waals surface area contributed by atoms with Gasteiger partial charge in [0.1, 0.15) is 0 Å². The van der Waals surface area contributed by atoms with E-state index in [1.54, 1.807) is 0 Å². The maximum Gasteiger partial charge on any atom is 0.157 e. The Morgan fingerprint density at radius 2 is 1.76 bits per heavy atom. The van der Waals surface area contributed by atoms with Gasteiger partial charge >= 0.3 is 0 Å². The predicted molar refractivity (Wildman–Crippen MR) is 74.3 cm³/mol. The van der Waals surface area contributed by atoms with Crippen LogP contribution in [0.1, 0.15) is 57.1 Å². The van der Waals surface area contributed by atoms with Crippen molar-refractivity contribution in [1.82, 2.24) is 0 Å². The minimum atomic E-state index is -0.315. The number of benzene rings is 1. The van der Waals surface area contributed by atoms with Crippen molar-refractivity contribution in [1.29, 1.82) is 0 Å². The van der Waals surface area contributed by atoms with Gasteiger partial charge in [-0.05, 0) is 18.4 Å². The summed E-state index contributed by atoms with van der Waals surface area (Å²) in [5.74, 6) is 0. The second-order valence-electron chi connectivity index (χ2n) is 4.42. The summed E-state index contributed by atoms with van der Waals surface area (Å²) in [6.45, 7) is 4.40. The Balaban J connectivity index is 2.48. The first-order chi connectivity index (χ1) is 8.27. The van der Waals surface area contributed by atoms with Gasteiger partial charge in [0.25, 0.3) is 0 Å². The highest BCUT2D eigenvalue weighted by Crippen LogP contribution is 2.26. The lowest BCUT2D eigenvalue weighted by Gasteiger charge is -2.21. The van der Waals surface area contributed by atoms with Crippen molar-refractivity contribution in [2.75, 3.05) is 0 Å². The fraction of sp³-hybridized carbons (Fsp3) is 0.600. The number of unbranched alkanes of at least 4 members (excludes halogenated alkanes) is 1. The Morgan fingerprint density at radius 1 is 1.06 bits per heavy atom. The first kappa shape index (κ1) is 14.5. The largest absolute Gasteiger partial charge is 0.355 e. The van der Waals surface area contributed by atoms with Gasteiger partial charge in [0, 0.05) is 0 Å². The molecule has 1 aromatic carbocycles. The van der Waals surface area contributed by atoms with Crippen molar-refractivity contribution in [2.45, 2.75) is 57.6 Å². The predicted octanol–water partition coefficient (Wildman–Crippen LogP) is 5.30. The summed E-state index contributed by atoms with van der Waals surface area (Å²) in [4.78, 5) is 0. The van der Waals surface area contributed by atoms with Gasteiger partial charge in [0.15, 0.2) is 5.56 Å². The van der Waals surface area contributed by atoms with E-state index in [0.717, 1.165) is 24.8 Å². The normalized spacial score (nSPS) is 14.5. The highest BCUT2D eigenvalue weighted by Gasteiger charge is 2.14. The molecule has 0 aromatic heterocycles. The quantitative estimate of drug-likeness (QED) is 0.572. The number of ether oxygens (including phenoxy) is 1. The topological polar surface area (TPSA) is 9.23 Å². The van der Waals surface area contributed by atoms with E-state index in [1.165, 1.54) is 12.8 Å². The van der Waals surface area contributed by atoms with Crippen LogP contribution in [0.3, 0.4) is 0 Å². The van der Waals surface area contributed by atoms with Gasteiger partial charge in [-0.3, -0.25) is 0 Å². The summed E-state index contributed by atoms with van der Waals surface area (Å²) in [6, 6.07) is 10.0. The highest BCUT2D eigenvalue weighted by molar-refractivity contribution is 6.19. The van der Waals surface area contributed by atoms with Crippen LogP contribution in [0.2, 0.25) is 0 Å². The third-order valence-electron chi connectivity index (χ3n) is 2.86. The molecule has 0 amide bonds. The van der Waals surface area contributed by atoms with E-state index in [1.807, 2.05) is 30.3 Å². The number of alkyl halides is 1. The van der Waals surface area contributed by atoms with Crippen LogP contribution in [0.25, 0.3) is 0 Å². The Morgan fingerprint density at radius 3 is 2.35 bits per heavy atom. The molecule has 0 radical (unpaired) electrons. The molecule has 96 valence electrons. The van der Waals surface area contributed by atoms with E-state index >= 15 is 0 Å². The van der Waals surface area contributed by atoms with Gasteiger partial charge in [-0.15, -0.1) is 0 Å². The number of halogens is 1. The molecule has 2 unspecified atom stereocenters. The average molecular weight is 255 g/mol. The van der Waals surface area contributed by atoms with Crippen LogP contribution < -0.4 is 0 Å². The van der Waals surface area contributed by atoms with Crippen LogP contribution in [0.15, 0.2) is 30.3 Å². The van der Waals surface area contributed by atoms with E-state index in [0.29, 0.717) is 6.10 Å². The minimum absolute atomic E-state index is 0.294. The molecule has 0 N–H and O–H groups in total. The van der Waals surface area contributed by atoms with Crippen LogP contribution >= 0.6 is 11.6 Å². The average Bonchev–Trinajstić information content (AvgIpc) is 2.37. The van der Waals surface area contributed by atoms with Crippen LogP contribution in [-0.4, -0.2) is 6.10 Å². The molecule has 0 aliphatic heterocycles. The molecule has 1 aromatic rings. The zero-order chi connectivity index (χ0) is 12.5. The number of rotatable bonds is 8. The third kappa shape index (κ3) is 5.56. The Labute approximate surface area is 110 Å². The SMILES string of the molecule is CCCCC(CCC)OC(Cl)c1ccccc1. The summed E-state index contributed by atoms with van der Waals surface area (Å²) in [5, 5.41) is 0. The summed E-state index contributed by atoms with van der Waals surface area (Å²) in [7, 11) is 0. The van der Waals surface area contributed by atoms with Crippen molar-refractivity contribution in [3.8, 4) is 0 Å². The van der Waals surface area contributed by atoms with Gasteiger partial charge in [-0.1, -0.05) is 75.0 Å². The maximum absolute atomic E-state index is 6.29. The van der Waals surface area contributed by atoms with Gasteiger partial charge in [0.2, 0.25) is 0 Å². The van der Waals surface area contributed by atoms with Crippen LogP contribution in [-0.2, 0) is 4.74 Å². The van der Waals surface area contributed by atoms with Gasteiger partial charge in [-0.25, -0.2) is 0 Å². The van der Waals surface area contributed by atoms with Crippen LogP contribution in [0.5, 0.6) is 0 Å². The van der Waals surface area contributed by atoms with E-state index in [9.17, 15) is 0 Å². The zero-order valence-corrected chi connectivity index (χ0v) is 11.6. The summed E-state index contributed by atoms with van der Waals surface area (Å²) < 4.78 is 5.94. The van der Waals surface area contributed by atoms with Gasteiger partial charge in [-0.2, -0.15) is 0 Å². The zero-order valence-electron chi connectivity index (χ0n) is 10.9. The Kier molecular flexibility index (Phi) is 7.30. The van der Waals surface area contributed by atoms with Crippen molar-refractivity contribution >= 4 is 11.6 Å². The fourth-order valence-electron chi connectivity index (χ4n) is 1.89. The molecule has 1 nitrogen and oxygen atoms in total. The molecule has 0 aliphatic carbocycles. The maximum atomic E-state index is 6.29. The molecule has 0 spiro atoms. The molecular weight excluding hydrogens is 232 g/mol. The van der Waals surface area contributed by atoms with Crippen molar-refractivity contribution in [3.05, 3.63) is 35.9 Å². The molecule has 0 aliphatic rings. The molecule has 0 saturated carbocycles. The van der Waals surface area contributed by atoms with E-state index < -0.39 is 0 Å². The van der Waals surface area contributed by atoms with E-state index in [4.69, 9.17) is 16.3 Å². The third-order valence-corrected chi connectivity index (χ3v) is 3.22. The second-order valence-corrected chi connectivity index (χ2v) is 4.81. The molecule has 1 rings (SSSR count). The molecule has 0 saturated heterocycles. The smallest absolute Gasteiger partial charge is 0.157 e. The highest BCUT2D eigenvalue weighted by atomic mass is 35.5. The lowest BCUT2D eigenvalue weighted by atomic mass is 10.1. The number of hydrogen-bond donors (Lipinski definition) is 0. The molecule has 0 bridgehead atoms. The second kappa shape index (κ2) is 8.54. The van der Waals surface area contributed by atoms with Crippen molar-refractivity contribution in [3.63, 3.8) is 0 Å². The van der Waals surface area contributed by atoms with Crippen LogP contribution in [0.4, 0.5) is 0 Å². The first-order valence-electron chi connectivity index (χ1n) is 6.62. The number of hydrogen-bond acceptors (Lipinski definition) is 1. The Hall–Kier alpha value is -0.530. The molecule has 0 heterocycles. The van der Waals surface area contributed by atoms with Crippen LogP contribution in [0, 0.1) is 0 Å². The monoisotopic (exact) mass is 254 g/mol. The lowest BCUT2D eigenvalue weighted by Crippen LogP contribution is -2.14. The summed E-state index contributed by atoms with van der Waals surface area (Å²) >= 11 is 6.29. The summed E-state index contributed by atoms with van der Waals surface area (Å²) in [5.41, 5.74) is 0.733. The minimum Gasteiger partial charge on any atom is -0.355 e. The Bertz CT molecular complexity index is 286. The van der Waals surface area contributed by atoms with E-state index in [2.05, 4.69) is 13.8 Å². The standard InChI is InChI=1S/C15H23ClO/c1-3-5-12-14(9-4-2)17-15(16)13-10-7-6-8-11-13/h6-8,10-11,14-15H,3-5,9,12H2,1-2H3. The summed E-state index contributed by atoms with van der Waals surface area (Å²) in [6.07, 6.45) is 6.07. The van der Waals surface area contributed by atoms with Gasteiger partial charge in [0.05, 0.1) is 6.10 Å². The van der Waals surface area contributed by atoms with E-state index in [-0.39, 0.29) is 5.56 Å². The fourth-order valence-corrected chi connectivity index (χ4v) is 2.18. The first-order valence-corrected chi connectivity index (χ1v) is 7.06. The molecule has 2 atom stereocenters. The molecule has 0 fully saturated rings. The van der Waals surface area contributed by atoms with Crippen molar-refractivity contribution in [2.24, 2.45) is 0 Å². The molecule has 2 heteroatoms.